The molecule has 0 N–H and O–H groups in total. The van der Waals surface area contributed by atoms with Gasteiger partial charge < -0.3 is 4.90 Å². The first-order chi connectivity index (χ1) is 14.0. The molecule has 0 saturated heterocycles. The van der Waals surface area contributed by atoms with Crippen molar-refractivity contribution < 1.29 is 4.68 Å². The van der Waals surface area contributed by atoms with Gasteiger partial charge in [0, 0.05) is 29.1 Å². The molecule has 3 aromatic carbocycles. The lowest BCUT2D eigenvalue weighted by Gasteiger charge is -2.28. The van der Waals surface area contributed by atoms with E-state index in [1.165, 1.54) is 16.1 Å². The van der Waals surface area contributed by atoms with Crippen molar-refractivity contribution in [2.24, 2.45) is 5.10 Å². The first kappa shape index (κ1) is 19.5. The molecule has 1 atom stereocenters. The minimum Gasteiger partial charge on any atom is -0.365 e. The summed E-state index contributed by atoms with van der Waals surface area (Å²) in [6.45, 7) is 8.75. The first-order valence-corrected chi connectivity index (χ1v) is 10.6. The van der Waals surface area contributed by atoms with Crippen molar-refractivity contribution in [3.05, 3.63) is 84.4 Å². The van der Waals surface area contributed by atoms with Crippen molar-refractivity contribution in [3.63, 3.8) is 0 Å². The van der Waals surface area contributed by atoms with Crippen LogP contribution in [0.25, 0.3) is 0 Å². The molecular weight excluding hydrogens is 374 g/mol. The fraction of sp³-hybridized carbons (Fsp3) is 0.200. The van der Waals surface area contributed by atoms with Crippen LogP contribution in [0, 0.1) is 0 Å². The molecule has 0 bridgehead atoms. The predicted octanol–water partition coefficient (Wildman–Crippen LogP) is 5.96. The number of hydrogen-bond acceptors (Lipinski definition) is 3. The summed E-state index contributed by atoms with van der Waals surface area (Å²) in [6, 6.07) is 27.4. The Labute approximate surface area is 177 Å². The maximum atomic E-state index is 4.75. The summed E-state index contributed by atoms with van der Waals surface area (Å²) in [4.78, 5) is 4.63. The number of hydrogen-bond donors (Lipinski definition) is 0. The third-order valence-corrected chi connectivity index (χ3v) is 6.67. The van der Waals surface area contributed by atoms with Crippen LogP contribution >= 0.6 is 11.8 Å². The second-order valence-electron chi connectivity index (χ2n) is 7.84. The standard InChI is InChI=1S/C25H26N3S/c1-25(2)20-14-8-9-15-21(20)27(3)24(25)18-26-28(4)22-16-10-11-17-23(22)29-19-12-6-5-7-13-19/h5-18,24H,4H2,1-3H3/q+1/b26-18-. The molecule has 1 unspecified atom stereocenters. The molecule has 3 nitrogen and oxygen atoms in total. The zero-order chi connectivity index (χ0) is 20.4. The molecular formula is C25H26N3S+. The predicted molar refractivity (Wildman–Crippen MR) is 124 cm³/mol. The highest BCUT2D eigenvalue weighted by atomic mass is 32.2. The Morgan fingerprint density at radius 2 is 1.62 bits per heavy atom. The van der Waals surface area contributed by atoms with Crippen molar-refractivity contribution >= 4 is 36.1 Å². The van der Waals surface area contributed by atoms with Gasteiger partial charge in [-0.15, -0.1) is 0 Å². The zero-order valence-electron chi connectivity index (χ0n) is 17.1. The van der Waals surface area contributed by atoms with E-state index in [2.05, 4.69) is 99.2 Å². The molecule has 0 amide bonds. The monoisotopic (exact) mass is 400 g/mol. The minimum atomic E-state index is -0.0199. The first-order valence-electron chi connectivity index (χ1n) is 9.77. The van der Waals surface area contributed by atoms with E-state index in [1.54, 1.807) is 16.4 Å². The Balaban J connectivity index is 1.59. The smallest absolute Gasteiger partial charge is 0.251 e. The summed E-state index contributed by atoms with van der Waals surface area (Å²) < 4.78 is 1.73. The maximum absolute atomic E-state index is 4.75. The van der Waals surface area contributed by atoms with Crippen LogP contribution in [-0.2, 0) is 5.41 Å². The fourth-order valence-electron chi connectivity index (χ4n) is 3.98. The van der Waals surface area contributed by atoms with Crippen LogP contribution in [0.15, 0.2) is 93.8 Å². The number of fused-ring (bicyclic) bond motifs is 1. The van der Waals surface area contributed by atoms with Gasteiger partial charge in [-0.1, -0.05) is 78.8 Å². The van der Waals surface area contributed by atoms with E-state index < -0.39 is 0 Å². The number of nitrogens with zero attached hydrogens (tertiary/aromatic N) is 3. The van der Waals surface area contributed by atoms with Crippen molar-refractivity contribution in [2.45, 2.75) is 35.1 Å². The SMILES string of the molecule is C=[N+](/N=C\C1N(C)c2ccccc2C1(C)C)c1ccccc1Sc1ccccc1. The van der Waals surface area contributed by atoms with E-state index in [9.17, 15) is 0 Å². The molecule has 1 aliphatic heterocycles. The number of hydrazone groups is 1. The van der Waals surface area contributed by atoms with E-state index in [0.29, 0.717) is 0 Å². The largest absolute Gasteiger partial charge is 0.365 e. The van der Waals surface area contributed by atoms with E-state index in [1.807, 2.05) is 18.3 Å². The van der Waals surface area contributed by atoms with Gasteiger partial charge in [0.1, 0.15) is 0 Å². The number of rotatable bonds is 5. The van der Waals surface area contributed by atoms with Gasteiger partial charge in [0.2, 0.25) is 0 Å². The summed E-state index contributed by atoms with van der Waals surface area (Å²) in [5.41, 5.74) is 3.60. The molecule has 0 fully saturated rings. The van der Waals surface area contributed by atoms with Gasteiger partial charge in [0.25, 0.3) is 5.69 Å². The molecule has 0 radical (unpaired) electrons. The highest BCUT2D eigenvalue weighted by Crippen LogP contribution is 2.43. The normalized spacial score (nSPS) is 17.5. The number of anilines is 1. The summed E-state index contributed by atoms with van der Waals surface area (Å²) in [5, 5.41) is 4.75. The Kier molecular flexibility index (Phi) is 5.29. The molecule has 0 saturated carbocycles. The van der Waals surface area contributed by atoms with E-state index in [4.69, 9.17) is 5.10 Å². The minimum absolute atomic E-state index is 0.0199. The lowest BCUT2D eigenvalue weighted by atomic mass is 9.81. The molecule has 29 heavy (non-hydrogen) atoms. The fourth-order valence-corrected chi connectivity index (χ4v) is 4.96. The van der Waals surface area contributed by atoms with Crippen LogP contribution in [0.2, 0.25) is 0 Å². The number of benzene rings is 3. The molecule has 3 aromatic rings. The van der Waals surface area contributed by atoms with E-state index >= 15 is 0 Å². The van der Waals surface area contributed by atoms with Crippen LogP contribution in [0.5, 0.6) is 0 Å². The second kappa shape index (κ2) is 7.88. The molecule has 1 aliphatic rings. The summed E-state index contributed by atoms with van der Waals surface area (Å²) in [6.07, 6.45) is 2.02. The summed E-state index contributed by atoms with van der Waals surface area (Å²) >= 11 is 1.72. The second-order valence-corrected chi connectivity index (χ2v) is 8.96. The topological polar surface area (TPSA) is 18.6 Å². The highest BCUT2D eigenvalue weighted by molar-refractivity contribution is 7.99. The number of para-hydroxylation sites is 2. The van der Waals surface area contributed by atoms with Crippen LogP contribution in [0.3, 0.4) is 0 Å². The lowest BCUT2D eigenvalue weighted by molar-refractivity contribution is -0.438. The van der Waals surface area contributed by atoms with Crippen molar-refractivity contribution in [3.8, 4) is 0 Å². The van der Waals surface area contributed by atoms with Gasteiger partial charge in [-0.05, 0) is 34.9 Å². The molecule has 0 aliphatic carbocycles. The van der Waals surface area contributed by atoms with Crippen LogP contribution in [0.1, 0.15) is 19.4 Å². The van der Waals surface area contributed by atoms with Crippen LogP contribution in [-0.4, -0.2) is 30.7 Å². The van der Waals surface area contributed by atoms with E-state index in [-0.39, 0.29) is 11.5 Å². The molecule has 4 rings (SSSR count). The Bertz CT molecular complexity index is 1060. The third-order valence-electron chi connectivity index (χ3n) is 5.60. The van der Waals surface area contributed by atoms with E-state index in [0.717, 1.165) is 10.6 Å². The molecule has 0 aromatic heterocycles. The lowest BCUT2D eigenvalue weighted by Crippen LogP contribution is -2.40. The average molecular weight is 401 g/mol. The van der Waals surface area contributed by atoms with Gasteiger partial charge in [0.15, 0.2) is 6.72 Å². The average Bonchev–Trinajstić information content (AvgIpc) is 2.93. The molecule has 146 valence electrons. The Hall–Kier alpha value is -2.85. The highest BCUT2D eigenvalue weighted by Gasteiger charge is 2.42. The Morgan fingerprint density at radius 1 is 0.966 bits per heavy atom. The van der Waals surface area contributed by atoms with Gasteiger partial charge in [0.05, 0.1) is 17.2 Å². The molecule has 1 heterocycles. The summed E-state index contributed by atoms with van der Waals surface area (Å²) in [7, 11) is 2.14. The van der Waals surface area contributed by atoms with Gasteiger partial charge in [-0.3, -0.25) is 0 Å². The van der Waals surface area contributed by atoms with Crippen molar-refractivity contribution in [2.75, 3.05) is 11.9 Å². The maximum Gasteiger partial charge on any atom is 0.251 e. The van der Waals surface area contributed by atoms with Gasteiger partial charge in [-0.25, -0.2) is 0 Å². The van der Waals surface area contributed by atoms with Gasteiger partial charge in [-0.2, -0.15) is 0 Å². The van der Waals surface area contributed by atoms with Crippen LogP contribution in [0.4, 0.5) is 11.4 Å². The van der Waals surface area contributed by atoms with Gasteiger partial charge >= 0.3 is 0 Å². The van der Waals surface area contributed by atoms with Crippen molar-refractivity contribution in [1.29, 1.82) is 0 Å². The van der Waals surface area contributed by atoms with Crippen molar-refractivity contribution in [1.82, 2.24) is 0 Å². The van der Waals surface area contributed by atoms with Crippen LogP contribution < -0.4 is 4.90 Å². The third kappa shape index (κ3) is 3.73. The summed E-state index contributed by atoms with van der Waals surface area (Å²) in [5.74, 6) is 0. The zero-order valence-corrected chi connectivity index (χ0v) is 17.9. The molecule has 4 heteroatoms. The Morgan fingerprint density at radius 3 is 2.38 bits per heavy atom. The quantitative estimate of drug-likeness (QED) is 0.299. The molecule has 0 spiro atoms. The number of likely N-dealkylation sites (N-methyl/N-ethyl adjacent to an activating group) is 1.